The average molecular weight is 560 g/mol. The summed E-state index contributed by atoms with van der Waals surface area (Å²) in [5.41, 5.74) is 1.30. The third-order valence-corrected chi connectivity index (χ3v) is 9.72. The molecule has 6 nitrogen and oxygen atoms in total. The van der Waals surface area contributed by atoms with Crippen molar-refractivity contribution < 1.29 is 22.7 Å². The molecule has 0 aliphatic carbocycles. The SMILES string of the molecule is CCCCC1(CCCC)CN(c2ccccc2)c2cc(SCC)c(O/C=C/C(=O)OCC)cc2S(=O)(=O)C1. The molecule has 0 saturated carbocycles. The van der Waals surface area contributed by atoms with Gasteiger partial charge >= 0.3 is 5.97 Å². The number of benzene rings is 2. The molecule has 1 aliphatic heterocycles. The molecule has 0 N–H and O–H groups in total. The molecule has 8 heteroatoms. The molecular weight excluding hydrogens is 518 g/mol. The molecule has 0 saturated heterocycles. The van der Waals surface area contributed by atoms with Crippen LogP contribution in [0.3, 0.4) is 0 Å². The Morgan fingerprint density at radius 1 is 1.05 bits per heavy atom. The van der Waals surface area contributed by atoms with Gasteiger partial charge < -0.3 is 14.4 Å². The van der Waals surface area contributed by atoms with Crippen LogP contribution < -0.4 is 9.64 Å². The Bertz CT molecular complexity index is 1190. The lowest BCUT2D eigenvalue weighted by molar-refractivity contribution is -0.137. The zero-order valence-electron chi connectivity index (χ0n) is 23.1. The van der Waals surface area contributed by atoms with Gasteiger partial charge in [0.25, 0.3) is 0 Å². The van der Waals surface area contributed by atoms with Crippen molar-refractivity contribution in [3.8, 4) is 5.75 Å². The van der Waals surface area contributed by atoms with Gasteiger partial charge in [0, 0.05) is 23.7 Å². The number of hydrogen-bond donors (Lipinski definition) is 0. The molecule has 0 atom stereocenters. The zero-order chi connectivity index (χ0) is 27.6. The molecule has 2 aromatic carbocycles. The second-order valence-electron chi connectivity index (χ2n) is 9.76. The van der Waals surface area contributed by atoms with Crippen molar-refractivity contribution in [3.05, 3.63) is 54.8 Å². The van der Waals surface area contributed by atoms with Crippen LogP contribution in [0.25, 0.3) is 0 Å². The highest BCUT2D eigenvalue weighted by atomic mass is 32.2. The summed E-state index contributed by atoms with van der Waals surface area (Å²) in [4.78, 5) is 15.1. The summed E-state index contributed by atoms with van der Waals surface area (Å²) in [7, 11) is -3.64. The van der Waals surface area contributed by atoms with E-state index >= 15 is 0 Å². The predicted molar refractivity (Wildman–Crippen MR) is 156 cm³/mol. The van der Waals surface area contributed by atoms with Crippen molar-refractivity contribution in [3.63, 3.8) is 0 Å². The zero-order valence-corrected chi connectivity index (χ0v) is 24.7. The summed E-state index contributed by atoms with van der Waals surface area (Å²) in [5.74, 6) is 0.800. The van der Waals surface area contributed by atoms with E-state index in [0.29, 0.717) is 18.0 Å². The number of ether oxygens (including phenoxy) is 2. The number of carbonyl (C=O) groups is 1. The first-order chi connectivity index (χ1) is 18.3. The quantitative estimate of drug-likeness (QED) is 0.109. The summed E-state index contributed by atoms with van der Waals surface area (Å²) in [6.07, 6.45) is 8.22. The first kappa shape index (κ1) is 30.1. The molecule has 38 heavy (non-hydrogen) atoms. The number of para-hydroxylation sites is 1. The number of esters is 1. The number of sulfone groups is 1. The summed E-state index contributed by atoms with van der Waals surface area (Å²) in [5, 5.41) is 0. The second-order valence-corrected chi connectivity index (χ2v) is 13.0. The van der Waals surface area contributed by atoms with Gasteiger partial charge in [-0.15, -0.1) is 11.8 Å². The molecule has 0 bridgehead atoms. The molecule has 0 aromatic heterocycles. The molecule has 0 fully saturated rings. The lowest BCUT2D eigenvalue weighted by Crippen LogP contribution is -2.38. The Balaban J connectivity index is 2.19. The Morgan fingerprint density at radius 2 is 1.74 bits per heavy atom. The summed E-state index contributed by atoms with van der Waals surface area (Å²) in [6, 6.07) is 13.6. The van der Waals surface area contributed by atoms with Crippen LogP contribution in [0.5, 0.6) is 5.75 Å². The lowest BCUT2D eigenvalue weighted by Gasteiger charge is -2.37. The highest BCUT2D eigenvalue weighted by Gasteiger charge is 2.42. The van der Waals surface area contributed by atoms with E-state index in [1.165, 1.54) is 12.3 Å². The number of hydrogen-bond acceptors (Lipinski definition) is 7. The molecule has 0 amide bonds. The third-order valence-electron chi connectivity index (χ3n) is 6.82. The first-order valence-electron chi connectivity index (χ1n) is 13.6. The molecule has 1 aliphatic rings. The average Bonchev–Trinajstić information content (AvgIpc) is 2.99. The van der Waals surface area contributed by atoms with Crippen LogP contribution in [0.2, 0.25) is 0 Å². The number of anilines is 2. The molecule has 3 rings (SSSR count). The highest BCUT2D eigenvalue weighted by Crippen LogP contribution is 2.48. The van der Waals surface area contributed by atoms with Gasteiger partial charge in [-0.1, -0.05) is 64.7 Å². The van der Waals surface area contributed by atoms with Crippen molar-refractivity contribution in [2.24, 2.45) is 5.41 Å². The minimum absolute atomic E-state index is 0.106. The fraction of sp³-hybridized carbons (Fsp3) is 0.500. The largest absolute Gasteiger partial charge is 0.464 e. The maximum absolute atomic E-state index is 14.1. The number of carbonyl (C=O) groups excluding carboxylic acids is 1. The van der Waals surface area contributed by atoms with E-state index in [4.69, 9.17) is 9.47 Å². The smallest absolute Gasteiger partial charge is 0.333 e. The van der Waals surface area contributed by atoms with Crippen LogP contribution in [0.15, 0.2) is 64.6 Å². The minimum atomic E-state index is -3.64. The van der Waals surface area contributed by atoms with E-state index < -0.39 is 15.8 Å². The van der Waals surface area contributed by atoms with Gasteiger partial charge in [0.2, 0.25) is 0 Å². The Labute approximate surface area is 232 Å². The van der Waals surface area contributed by atoms with Gasteiger partial charge in [0.15, 0.2) is 9.84 Å². The number of thioether (sulfide) groups is 1. The molecule has 2 aromatic rings. The Morgan fingerprint density at radius 3 is 2.34 bits per heavy atom. The molecular formula is C30H41NO5S2. The number of unbranched alkanes of at least 4 members (excludes halogenated alkanes) is 2. The van der Waals surface area contributed by atoms with E-state index in [1.54, 1.807) is 24.8 Å². The number of nitrogens with zero attached hydrogens (tertiary/aromatic N) is 1. The van der Waals surface area contributed by atoms with Crippen molar-refractivity contribution >= 4 is 38.9 Å². The normalized spacial score (nSPS) is 16.2. The van der Waals surface area contributed by atoms with Crippen molar-refractivity contribution in [1.29, 1.82) is 0 Å². The van der Waals surface area contributed by atoms with Crippen LogP contribution in [0.4, 0.5) is 11.4 Å². The molecule has 208 valence electrons. The number of fused-ring (bicyclic) bond motifs is 1. The first-order valence-corrected chi connectivity index (χ1v) is 16.3. The van der Waals surface area contributed by atoms with Crippen LogP contribution in [-0.2, 0) is 19.4 Å². The van der Waals surface area contributed by atoms with Crippen LogP contribution >= 0.6 is 11.8 Å². The van der Waals surface area contributed by atoms with E-state index in [-0.39, 0.29) is 22.7 Å². The van der Waals surface area contributed by atoms with E-state index in [1.807, 2.05) is 43.3 Å². The molecule has 0 spiro atoms. The standard InChI is InChI=1S/C30H41NO5S2/c1-5-9-17-30(18-10-6-2)22-31(24-14-12-11-13-15-24)25-20-27(37-8-4)26(21-28(25)38(33,34)23-30)36-19-16-29(32)35-7-3/h11-16,19-21H,5-10,17-18,22-23H2,1-4H3/b19-16+. The van der Waals surface area contributed by atoms with Crippen LogP contribution in [-0.4, -0.2) is 39.0 Å². The van der Waals surface area contributed by atoms with Gasteiger partial charge in [-0.3, -0.25) is 0 Å². The van der Waals surface area contributed by atoms with E-state index in [0.717, 1.165) is 54.9 Å². The Hall–Kier alpha value is -2.45. The number of rotatable bonds is 13. The van der Waals surface area contributed by atoms with Crippen molar-refractivity contribution in [2.75, 3.05) is 29.6 Å². The van der Waals surface area contributed by atoms with Crippen molar-refractivity contribution in [2.45, 2.75) is 76.0 Å². The third kappa shape index (κ3) is 7.56. The topological polar surface area (TPSA) is 72.9 Å². The van der Waals surface area contributed by atoms with Gasteiger partial charge in [-0.2, -0.15) is 0 Å². The van der Waals surface area contributed by atoms with Crippen molar-refractivity contribution in [1.82, 2.24) is 0 Å². The van der Waals surface area contributed by atoms with Gasteiger partial charge in [0.1, 0.15) is 5.75 Å². The van der Waals surface area contributed by atoms with Gasteiger partial charge in [0.05, 0.1) is 40.2 Å². The fourth-order valence-electron chi connectivity index (χ4n) is 5.02. The van der Waals surface area contributed by atoms with E-state index in [2.05, 4.69) is 18.7 Å². The van der Waals surface area contributed by atoms with Gasteiger partial charge in [-0.05, 0) is 43.7 Å². The maximum Gasteiger partial charge on any atom is 0.333 e. The van der Waals surface area contributed by atoms with Crippen LogP contribution in [0.1, 0.15) is 66.2 Å². The predicted octanol–water partition coefficient (Wildman–Crippen LogP) is 7.55. The summed E-state index contributed by atoms with van der Waals surface area (Å²) in [6.45, 7) is 9.00. The highest BCUT2D eigenvalue weighted by molar-refractivity contribution is 7.99. The monoisotopic (exact) mass is 559 g/mol. The van der Waals surface area contributed by atoms with Gasteiger partial charge in [-0.25, -0.2) is 13.2 Å². The molecule has 1 heterocycles. The minimum Gasteiger partial charge on any atom is -0.464 e. The molecule has 0 unspecified atom stereocenters. The molecule has 0 radical (unpaired) electrons. The summed E-state index contributed by atoms with van der Waals surface area (Å²) < 4.78 is 39.0. The van der Waals surface area contributed by atoms with Crippen LogP contribution in [0, 0.1) is 5.41 Å². The Kier molecular flexibility index (Phi) is 11.2. The summed E-state index contributed by atoms with van der Waals surface area (Å²) >= 11 is 1.58. The maximum atomic E-state index is 14.1. The van der Waals surface area contributed by atoms with E-state index in [9.17, 15) is 13.2 Å². The lowest BCUT2D eigenvalue weighted by atomic mass is 9.79. The second kappa shape index (κ2) is 14.1. The fourth-order valence-corrected chi connectivity index (χ4v) is 7.89.